The van der Waals surface area contributed by atoms with E-state index in [2.05, 4.69) is 0 Å². The van der Waals surface area contributed by atoms with Gasteiger partial charge in [0, 0.05) is 10.8 Å². The van der Waals surface area contributed by atoms with Crippen LogP contribution in [-0.4, -0.2) is 12.0 Å². The number of rotatable bonds is 3. The molecule has 4 nitrogen and oxygen atoms in total. The Balaban J connectivity index is 2.09. The van der Waals surface area contributed by atoms with Crippen LogP contribution in [0.5, 0.6) is 5.75 Å². The summed E-state index contributed by atoms with van der Waals surface area (Å²) in [6.45, 7) is 1.63. The molecular formula is C15H13NO3. The molecule has 0 saturated heterocycles. The van der Waals surface area contributed by atoms with Gasteiger partial charge in [-0.1, -0.05) is 18.2 Å². The summed E-state index contributed by atoms with van der Waals surface area (Å²) in [4.78, 5) is 11.0. The molecule has 0 aliphatic heterocycles. The third kappa shape index (κ3) is 2.01. The second-order valence-electron chi connectivity index (χ2n) is 4.42. The van der Waals surface area contributed by atoms with Crippen molar-refractivity contribution < 1.29 is 13.9 Å². The number of furan rings is 1. The number of ether oxygens (including phenoxy) is 1. The lowest BCUT2D eigenvalue weighted by atomic mass is 10.1. The van der Waals surface area contributed by atoms with E-state index in [1.807, 2.05) is 36.4 Å². The number of hydrogen-bond donors (Lipinski definition) is 1. The number of carbonyl (C=O) groups excluding carboxylic acids is 1. The monoisotopic (exact) mass is 255 g/mol. The summed E-state index contributed by atoms with van der Waals surface area (Å²) in [5.74, 6) is 0.113. The van der Waals surface area contributed by atoms with Crippen LogP contribution in [0.1, 0.15) is 6.92 Å². The maximum absolute atomic E-state index is 11.0. The molecule has 1 heterocycles. The minimum Gasteiger partial charge on any atom is -0.481 e. The zero-order chi connectivity index (χ0) is 13.4. The molecule has 1 amide bonds. The zero-order valence-electron chi connectivity index (χ0n) is 10.4. The smallest absolute Gasteiger partial charge is 0.258 e. The predicted molar refractivity (Wildman–Crippen MR) is 73.0 cm³/mol. The van der Waals surface area contributed by atoms with Gasteiger partial charge in [-0.15, -0.1) is 0 Å². The summed E-state index contributed by atoms with van der Waals surface area (Å²) < 4.78 is 11.2. The summed E-state index contributed by atoms with van der Waals surface area (Å²) >= 11 is 0. The minimum atomic E-state index is -0.657. The molecule has 0 aliphatic rings. The van der Waals surface area contributed by atoms with Crippen LogP contribution >= 0.6 is 0 Å². The first-order valence-electron chi connectivity index (χ1n) is 6.02. The number of nitrogens with two attached hydrogens (primary N) is 1. The van der Waals surface area contributed by atoms with Gasteiger partial charge in [-0.3, -0.25) is 4.79 Å². The molecular weight excluding hydrogens is 242 g/mol. The van der Waals surface area contributed by atoms with Crippen LogP contribution in [0.3, 0.4) is 0 Å². The summed E-state index contributed by atoms with van der Waals surface area (Å²) in [5.41, 5.74) is 6.81. The number of para-hydroxylation sites is 1. The molecule has 0 bridgehead atoms. The molecule has 1 aromatic heterocycles. The number of carbonyl (C=O) groups is 1. The zero-order valence-corrected chi connectivity index (χ0v) is 10.4. The largest absolute Gasteiger partial charge is 0.481 e. The molecule has 0 fully saturated rings. The quantitative estimate of drug-likeness (QED) is 0.782. The molecule has 0 saturated carbocycles. The van der Waals surface area contributed by atoms with Crippen molar-refractivity contribution in [2.75, 3.05) is 0 Å². The lowest BCUT2D eigenvalue weighted by Gasteiger charge is -2.10. The number of benzene rings is 2. The number of fused-ring (bicyclic) bond motifs is 3. The Morgan fingerprint density at radius 1 is 1.16 bits per heavy atom. The number of amides is 1. The van der Waals surface area contributed by atoms with Gasteiger partial charge in [-0.25, -0.2) is 0 Å². The van der Waals surface area contributed by atoms with E-state index in [1.165, 1.54) is 0 Å². The lowest BCUT2D eigenvalue weighted by molar-refractivity contribution is -0.123. The minimum absolute atomic E-state index is 0.489. The molecule has 0 spiro atoms. The average Bonchev–Trinajstić information content (AvgIpc) is 2.76. The maximum Gasteiger partial charge on any atom is 0.258 e. The van der Waals surface area contributed by atoms with Gasteiger partial charge in [-0.2, -0.15) is 0 Å². The van der Waals surface area contributed by atoms with E-state index < -0.39 is 12.0 Å². The first-order chi connectivity index (χ1) is 9.15. The first-order valence-corrected chi connectivity index (χ1v) is 6.02. The van der Waals surface area contributed by atoms with Crippen molar-refractivity contribution in [3.05, 3.63) is 42.5 Å². The molecule has 96 valence electrons. The van der Waals surface area contributed by atoms with Gasteiger partial charge < -0.3 is 14.9 Å². The van der Waals surface area contributed by atoms with Gasteiger partial charge in [0.2, 0.25) is 0 Å². The van der Waals surface area contributed by atoms with Crippen molar-refractivity contribution in [1.82, 2.24) is 0 Å². The van der Waals surface area contributed by atoms with Crippen LogP contribution < -0.4 is 10.5 Å². The number of primary amides is 1. The van der Waals surface area contributed by atoms with Crippen LogP contribution in [0.4, 0.5) is 0 Å². The normalized spacial score (nSPS) is 12.7. The average molecular weight is 255 g/mol. The molecule has 4 heteroatoms. The van der Waals surface area contributed by atoms with Crippen LogP contribution in [0.25, 0.3) is 21.9 Å². The molecule has 3 aromatic rings. The summed E-state index contributed by atoms with van der Waals surface area (Å²) in [5, 5.41) is 1.99. The second-order valence-corrected chi connectivity index (χ2v) is 4.42. The van der Waals surface area contributed by atoms with E-state index in [1.54, 1.807) is 13.0 Å². The Kier molecular flexibility index (Phi) is 2.63. The van der Waals surface area contributed by atoms with Crippen molar-refractivity contribution in [3.8, 4) is 5.75 Å². The van der Waals surface area contributed by atoms with Gasteiger partial charge in [0.1, 0.15) is 16.9 Å². The van der Waals surface area contributed by atoms with Crippen LogP contribution in [0.15, 0.2) is 46.9 Å². The fourth-order valence-corrected chi connectivity index (χ4v) is 2.04. The third-order valence-electron chi connectivity index (χ3n) is 3.06. The van der Waals surface area contributed by atoms with E-state index >= 15 is 0 Å². The third-order valence-corrected chi connectivity index (χ3v) is 3.06. The molecule has 2 N–H and O–H groups in total. The van der Waals surface area contributed by atoms with E-state index in [0.29, 0.717) is 5.75 Å². The Morgan fingerprint density at radius 2 is 1.89 bits per heavy atom. The maximum atomic E-state index is 11.0. The molecule has 1 unspecified atom stereocenters. The highest BCUT2D eigenvalue weighted by Crippen LogP contribution is 2.31. The van der Waals surface area contributed by atoms with E-state index in [9.17, 15) is 4.79 Å². The highest BCUT2D eigenvalue weighted by Gasteiger charge is 2.12. The summed E-state index contributed by atoms with van der Waals surface area (Å²) in [6, 6.07) is 13.3. The Labute approximate surface area is 109 Å². The van der Waals surface area contributed by atoms with Crippen LogP contribution in [-0.2, 0) is 4.79 Å². The van der Waals surface area contributed by atoms with Gasteiger partial charge >= 0.3 is 0 Å². The number of hydrogen-bond acceptors (Lipinski definition) is 3. The van der Waals surface area contributed by atoms with Crippen LogP contribution in [0, 0.1) is 0 Å². The van der Waals surface area contributed by atoms with Crippen molar-refractivity contribution in [2.24, 2.45) is 5.73 Å². The van der Waals surface area contributed by atoms with Crippen molar-refractivity contribution >= 4 is 27.8 Å². The highest BCUT2D eigenvalue weighted by molar-refractivity contribution is 6.05. The van der Waals surface area contributed by atoms with E-state index in [4.69, 9.17) is 14.9 Å². The molecule has 3 rings (SSSR count). The lowest BCUT2D eigenvalue weighted by Crippen LogP contribution is -2.30. The standard InChI is InChI=1S/C15H13NO3/c1-9(15(16)17)18-10-6-7-14-12(8-10)11-4-2-3-5-13(11)19-14/h2-9H,1H3,(H2,16,17). The van der Waals surface area contributed by atoms with Gasteiger partial charge in [0.25, 0.3) is 5.91 Å². The van der Waals surface area contributed by atoms with Crippen LogP contribution in [0.2, 0.25) is 0 Å². The predicted octanol–water partition coefficient (Wildman–Crippen LogP) is 2.84. The molecule has 1 atom stereocenters. The van der Waals surface area contributed by atoms with Gasteiger partial charge in [0.15, 0.2) is 6.10 Å². The summed E-state index contributed by atoms with van der Waals surface area (Å²) in [7, 11) is 0. The van der Waals surface area contributed by atoms with Crippen molar-refractivity contribution in [1.29, 1.82) is 0 Å². The van der Waals surface area contributed by atoms with Crippen molar-refractivity contribution in [2.45, 2.75) is 13.0 Å². The Morgan fingerprint density at radius 3 is 2.68 bits per heavy atom. The fraction of sp³-hybridized carbons (Fsp3) is 0.133. The van der Waals surface area contributed by atoms with Gasteiger partial charge in [0.05, 0.1) is 0 Å². The van der Waals surface area contributed by atoms with E-state index in [0.717, 1.165) is 21.9 Å². The van der Waals surface area contributed by atoms with Crippen molar-refractivity contribution in [3.63, 3.8) is 0 Å². The first kappa shape index (κ1) is 11.6. The molecule has 19 heavy (non-hydrogen) atoms. The topological polar surface area (TPSA) is 65.5 Å². The van der Waals surface area contributed by atoms with E-state index in [-0.39, 0.29) is 0 Å². The molecule has 0 radical (unpaired) electrons. The Bertz CT molecular complexity index is 760. The molecule has 2 aromatic carbocycles. The molecule has 0 aliphatic carbocycles. The fourth-order valence-electron chi connectivity index (χ4n) is 2.04. The summed E-state index contributed by atoms with van der Waals surface area (Å²) in [6.07, 6.45) is -0.657. The second kappa shape index (κ2) is 4.31. The SMILES string of the molecule is CC(Oc1ccc2oc3ccccc3c2c1)C(N)=O. The highest BCUT2D eigenvalue weighted by atomic mass is 16.5. The van der Waals surface area contributed by atoms with Gasteiger partial charge in [-0.05, 0) is 31.2 Å². The Hall–Kier alpha value is -2.49.